The van der Waals surface area contributed by atoms with Gasteiger partial charge in [-0.15, -0.1) is 12.4 Å². The van der Waals surface area contributed by atoms with Crippen LogP contribution in [0, 0.1) is 12.8 Å². The quantitative estimate of drug-likeness (QED) is 0.873. The third-order valence-corrected chi connectivity index (χ3v) is 2.85. The smallest absolute Gasteiger partial charge is 0.121 e. The van der Waals surface area contributed by atoms with E-state index in [0.717, 1.165) is 16.9 Å². The first-order valence-corrected chi connectivity index (χ1v) is 5.55. The Morgan fingerprint density at radius 1 is 1.29 bits per heavy atom. The summed E-state index contributed by atoms with van der Waals surface area (Å²) in [5.41, 5.74) is 7.99. The molecule has 1 aromatic rings. The van der Waals surface area contributed by atoms with Crippen LogP contribution in [0.3, 0.4) is 0 Å². The third-order valence-electron chi connectivity index (χ3n) is 2.85. The monoisotopic (exact) mass is 259 g/mol. The molecule has 1 aromatic carbocycles. The van der Waals surface area contributed by atoms with E-state index < -0.39 is 6.10 Å². The van der Waals surface area contributed by atoms with Crippen LogP contribution in [-0.2, 0) is 0 Å². The fourth-order valence-corrected chi connectivity index (χ4v) is 1.72. The van der Waals surface area contributed by atoms with Crippen LogP contribution in [-0.4, -0.2) is 18.3 Å². The molecule has 17 heavy (non-hydrogen) atoms. The summed E-state index contributed by atoms with van der Waals surface area (Å²) in [7, 11) is 1.64. The van der Waals surface area contributed by atoms with E-state index >= 15 is 0 Å². The summed E-state index contributed by atoms with van der Waals surface area (Å²) in [4.78, 5) is 0. The van der Waals surface area contributed by atoms with Gasteiger partial charge in [0.2, 0.25) is 0 Å². The molecule has 0 heterocycles. The summed E-state index contributed by atoms with van der Waals surface area (Å²) in [5.74, 6) is 0.993. The van der Waals surface area contributed by atoms with Crippen LogP contribution in [0.4, 0.5) is 0 Å². The molecule has 0 spiro atoms. The molecule has 0 saturated carbocycles. The average molecular weight is 260 g/mol. The van der Waals surface area contributed by atoms with Gasteiger partial charge >= 0.3 is 0 Å². The number of benzene rings is 1. The molecule has 4 heteroatoms. The Morgan fingerprint density at radius 3 is 2.29 bits per heavy atom. The Labute approximate surface area is 109 Å². The van der Waals surface area contributed by atoms with Crippen molar-refractivity contribution in [1.29, 1.82) is 0 Å². The summed E-state index contributed by atoms with van der Waals surface area (Å²) in [6, 6.07) is 5.42. The number of aliphatic hydroxyl groups excluding tert-OH is 1. The van der Waals surface area contributed by atoms with Gasteiger partial charge < -0.3 is 15.6 Å². The molecular weight excluding hydrogens is 238 g/mol. The maximum atomic E-state index is 9.91. The van der Waals surface area contributed by atoms with E-state index in [1.165, 1.54) is 0 Å². The van der Waals surface area contributed by atoms with E-state index in [0.29, 0.717) is 0 Å². The van der Waals surface area contributed by atoms with Crippen molar-refractivity contribution in [3.8, 4) is 5.75 Å². The number of methoxy groups -OCH3 is 1. The molecular formula is C13H22ClNO2. The Bertz CT molecular complexity index is 355. The Hall–Kier alpha value is -0.770. The summed E-state index contributed by atoms with van der Waals surface area (Å²) in [6.45, 7) is 5.89. The maximum absolute atomic E-state index is 9.91. The van der Waals surface area contributed by atoms with Gasteiger partial charge in [0.15, 0.2) is 0 Å². The second-order valence-corrected chi connectivity index (χ2v) is 4.49. The zero-order valence-corrected chi connectivity index (χ0v) is 11.6. The molecule has 0 aliphatic heterocycles. The first kappa shape index (κ1) is 16.2. The topological polar surface area (TPSA) is 55.5 Å². The predicted molar refractivity (Wildman–Crippen MR) is 72.8 cm³/mol. The normalized spacial score (nSPS) is 14.1. The standard InChI is InChI=1S/C13H21NO2.ClH/c1-8(2)13(15)12(14)10-5-6-11(16-4)9(3)7-10;/h5-8,12-13,15H,14H2,1-4H3;1H/t12-,13+;/m0./s1. The third kappa shape index (κ3) is 3.87. The van der Waals surface area contributed by atoms with Crippen molar-refractivity contribution < 1.29 is 9.84 Å². The molecule has 0 fully saturated rings. The number of halogens is 1. The van der Waals surface area contributed by atoms with E-state index in [4.69, 9.17) is 10.5 Å². The summed E-state index contributed by atoms with van der Waals surface area (Å²) in [5, 5.41) is 9.91. The molecule has 2 atom stereocenters. The SMILES string of the molecule is COc1ccc([C@H](N)[C@H](O)C(C)C)cc1C.Cl. The largest absolute Gasteiger partial charge is 0.496 e. The van der Waals surface area contributed by atoms with E-state index in [9.17, 15) is 5.11 Å². The van der Waals surface area contributed by atoms with Crippen LogP contribution < -0.4 is 10.5 Å². The lowest BCUT2D eigenvalue weighted by molar-refractivity contribution is 0.0979. The Balaban J connectivity index is 0.00000256. The zero-order valence-electron chi connectivity index (χ0n) is 10.8. The summed E-state index contributed by atoms with van der Waals surface area (Å²) in [6.07, 6.45) is -0.521. The fourth-order valence-electron chi connectivity index (χ4n) is 1.72. The minimum Gasteiger partial charge on any atom is -0.496 e. The van der Waals surface area contributed by atoms with E-state index in [1.54, 1.807) is 7.11 Å². The van der Waals surface area contributed by atoms with E-state index in [1.807, 2.05) is 39.0 Å². The van der Waals surface area contributed by atoms with Gasteiger partial charge in [-0.05, 0) is 30.0 Å². The fraction of sp³-hybridized carbons (Fsp3) is 0.538. The van der Waals surface area contributed by atoms with Crippen LogP contribution in [0.15, 0.2) is 18.2 Å². The molecule has 0 unspecified atom stereocenters. The molecule has 0 aliphatic carbocycles. The van der Waals surface area contributed by atoms with Crippen molar-refractivity contribution in [3.05, 3.63) is 29.3 Å². The number of rotatable bonds is 4. The van der Waals surface area contributed by atoms with Crippen LogP contribution in [0.25, 0.3) is 0 Å². The minimum absolute atomic E-state index is 0. The number of nitrogens with two attached hydrogens (primary N) is 1. The van der Waals surface area contributed by atoms with Crippen molar-refractivity contribution in [2.75, 3.05) is 7.11 Å². The number of aryl methyl sites for hydroxylation is 1. The second kappa shape index (κ2) is 6.84. The van der Waals surface area contributed by atoms with Crippen LogP contribution in [0.5, 0.6) is 5.75 Å². The highest BCUT2D eigenvalue weighted by molar-refractivity contribution is 5.85. The molecule has 0 radical (unpaired) electrons. The first-order valence-electron chi connectivity index (χ1n) is 5.55. The van der Waals surface area contributed by atoms with Gasteiger partial charge in [-0.1, -0.05) is 26.0 Å². The molecule has 0 aliphatic rings. The van der Waals surface area contributed by atoms with E-state index in [-0.39, 0.29) is 24.4 Å². The number of aliphatic hydroxyl groups is 1. The number of hydrogen-bond acceptors (Lipinski definition) is 3. The van der Waals surface area contributed by atoms with Gasteiger partial charge in [0.1, 0.15) is 5.75 Å². The summed E-state index contributed by atoms with van der Waals surface area (Å²) >= 11 is 0. The average Bonchev–Trinajstić information content (AvgIpc) is 2.26. The van der Waals surface area contributed by atoms with E-state index in [2.05, 4.69) is 0 Å². The lowest BCUT2D eigenvalue weighted by atomic mass is 9.93. The minimum atomic E-state index is -0.521. The van der Waals surface area contributed by atoms with Crippen molar-refractivity contribution in [2.24, 2.45) is 11.7 Å². The molecule has 1 rings (SSSR count). The van der Waals surface area contributed by atoms with Gasteiger partial charge in [-0.2, -0.15) is 0 Å². The predicted octanol–water partition coefficient (Wildman–Crippen LogP) is 2.44. The highest BCUT2D eigenvalue weighted by atomic mass is 35.5. The Morgan fingerprint density at radius 2 is 1.88 bits per heavy atom. The van der Waals surface area contributed by atoms with Gasteiger partial charge in [-0.3, -0.25) is 0 Å². The first-order chi connectivity index (χ1) is 7.47. The lowest BCUT2D eigenvalue weighted by Gasteiger charge is -2.23. The van der Waals surface area contributed by atoms with Gasteiger partial charge in [-0.25, -0.2) is 0 Å². The second-order valence-electron chi connectivity index (χ2n) is 4.49. The van der Waals surface area contributed by atoms with Crippen LogP contribution in [0.1, 0.15) is 31.0 Å². The van der Waals surface area contributed by atoms with Crippen molar-refractivity contribution >= 4 is 12.4 Å². The van der Waals surface area contributed by atoms with Crippen molar-refractivity contribution in [3.63, 3.8) is 0 Å². The van der Waals surface area contributed by atoms with Crippen LogP contribution >= 0.6 is 12.4 Å². The van der Waals surface area contributed by atoms with Gasteiger partial charge in [0, 0.05) is 0 Å². The number of ether oxygens (including phenoxy) is 1. The molecule has 0 aromatic heterocycles. The van der Waals surface area contributed by atoms with Gasteiger partial charge in [0.25, 0.3) is 0 Å². The van der Waals surface area contributed by atoms with Crippen molar-refractivity contribution in [1.82, 2.24) is 0 Å². The maximum Gasteiger partial charge on any atom is 0.121 e. The highest BCUT2D eigenvalue weighted by Crippen LogP contribution is 2.25. The highest BCUT2D eigenvalue weighted by Gasteiger charge is 2.20. The Kier molecular flexibility index (Phi) is 6.53. The molecule has 0 saturated heterocycles. The molecule has 98 valence electrons. The number of hydrogen-bond donors (Lipinski definition) is 2. The summed E-state index contributed by atoms with van der Waals surface area (Å²) < 4.78 is 5.18. The molecule has 3 nitrogen and oxygen atoms in total. The van der Waals surface area contributed by atoms with Gasteiger partial charge in [0.05, 0.1) is 19.3 Å². The lowest BCUT2D eigenvalue weighted by Crippen LogP contribution is -2.30. The molecule has 0 bridgehead atoms. The molecule has 0 amide bonds. The van der Waals surface area contributed by atoms with Crippen LogP contribution in [0.2, 0.25) is 0 Å². The molecule has 3 N–H and O–H groups in total. The zero-order chi connectivity index (χ0) is 12.3. The van der Waals surface area contributed by atoms with Crippen molar-refractivity contribution in [2.45, 2.75) is 32.9 Å².